The fourth-order valence-corrected chi connectivity index (χ4v) is 1.87. The molecule has 0 atom stereocenters. The van der Waals surface area contributed by atoms with Crippen molar-refractivity contribution in [2.45, 2.75) is 13.8 Å². The number of benzene rings is 1. The van der Waals surface area contributed by atoms with E-state index in [4.69, 9.17) is 5.39 Å². The predicted octanol–water partition coefficient (Wildman–Crippen LogP) is 2.85. The summed E-state index contributed by atoms with van der Waals surface area (Å²) < 4.78 is 4.66. The molecular weight excluding hydrogens is 258 g/mol. The molecule has 1 rings (SSSR count). The molecule has 0 heterocycles. The van der Waals surface area contributed by atoms with Crippen molar-refractivity contribution in [3.05, 3.63) is 46.3 Å². The number of hydrogen-bond donors (Lipinski definition) is 1. The summed E-state index contributed by atoms with van der Waals surface area (Å²) in [7, 11) is 1.25. The Balaban J connectivity index is 3.39. The third kappa shape index (κ3) is 3.06. The van der Waals surface area contributed by atoms with Crippen LogP contribution in [0.4, 0.5) is 0 Å². The standard InChI is InChI=1S/C14H17N3O3/c1-4-17(5-2)13(18)11-9-7-6-8-10(11)12(16-15)14(19)20-3/h6-9H,4-5H2,1-3H3/p+1. The number of rotatable bonds is 5. The van der Waals surface area contributed by atoms with E-state index in [0.717, 1.165) is 0 Å². The third-order valence-electron chi connectivity index (χ3n) is 2.96. The molecule has 1 N–H and O–H groups in total. The van der Waals surface area contributed by atoms with Gasteiger partial charge in [0, 0.05) is 13.1 Å². The van der Waals surface area contributed by atoms with Crippen molar-refractivity contribution >= 4 is 11.6 Å². The molecule has 0 fully saturated rings. The van der Waals surface area contributed by atoms with E-state index in [1.165, 1.54) is 7.11 Å². The Hall–Kier alpha value is -2.55. The van der Waals surface area contributed by atoms with Gasteiger partial charge in [0.2, 0.25) is 5.39 Å². The van der Waals surface area contributed by atoms with Crippen molar-refractivity contribution in [2.24, 2.45) is 0 Å². The van der Waals surface area contributed by atoms with Crippen LogP contribution in [0.1, 0.15) is 29.8 Å². The highest BCUT2D eigenvalue weighted by molar-refractivity contribution is 5.99. The second kappa shape index (κ2) is 7.14. The first-order chi connectivity index (χ1) is 9.60. The van der Waals surface area contributed by atoms with Gasteiger partial charge in [-0.15, -0.1) is 0 Å². The lowest BCUT2D eigenvalue weighted by Crippen LogP contribution is -2.31. The lowest BCUT2D eigenvalue weighted by atomic mass is 10.0. The Morgan fingerprint density at radius 2 is 1.85 bits per heavy atom. The minimum atomic E-state index is -0.549. The molecule has 0 radical (unpaired) electrons. The fraction of sp³-hybridized carbons (Fsp3) is 0.357. The Kier molecular flexibility index (Phi) is 5.54. The van der Waals surface area contributed by atoms with Gasteiger partial charge < -0.3 is 14.7 Å². The average molecular weight is 276 g/mol. The second-order valence-corrected chi connectivity index (χ2v) is 3.98. The minimum Gasteiger partial charge on any atom is -0.475 e. The molecule has 0 saturated heterocycles. The molecule has 0 aliphatic carbocycles. The van der Waals surface area contributed by atoms with Crippen LogP contribution < -0.4 is 0 Å². The van der Waals surface area contributed by atoms with Crippen molar-refractivity contribution in [1.82, 2.24) is 4.90 Å². The van der Waals surface area contributed by atoms with Crippen molar-refractivity contribution in [3.8, 4) is 0 Å². The van der Waals surface area contributed by atoms with Crippen molar-refractivity contribution in [3.63, 3.8) is 0 Å². The Bertz CT molecular complexity index is 557. The number of aliphatic hydroxyl groups excluding tert-OH is 1. The summed E-state index contributed by atoms with van der Waals surface area (Å²) in [4.78, 5) is 17.1. The topological polar surface area (TPSA) is 77.9 Å². The summed E-state index contributed by atoms with van der Waals surface area (Å²) in [6, 6.07) is 6.59. The number of hydrogen-bond acceptors (Lipinski definition) is 4. The van der Waals surface area contributed by atoms with Gasteiger partial charge in [-0.05, 0) is 26.0 Å². The number of ether oxygens (including phenoxy) is 1. The highest BCUT2D eigenvalue weighted by Gasteiger charge is 2.29. The molecule has 106 valence electrons. The zero-order chi connectivity index (χ0) is 15.1. The largest absolute Gasteiger partial charge is 0.475 e. The van der Waals surface area contributed by atoms with Gasteiger partial charge in [0.15, 0.2) is 4.98 Å². The lowest BCUT2D eigenvalue weighted by Gasteiger charge is -2.19. The molecule has 1 aromatic rings. The van der Waals surface area contributed by atoms with Crippen LogP contribution in [0.5, 0.6) is 0 Å². The number of diazo groups is 1. The Labute approximate surface area is 117 Å². The highest BCUT2D eigenvalue weighted by atomic mass is 16.6. The number of carbonyl (C=O) groups excluding carboxylic acids is 1. The number of methoxy groups -OCH3 is 1. The van der Waals surface area contributed by atoms with Gasteiger partial charge in [-0.2, -0.15) is 0 Å². The van der Waals surface area contributed by atoms with E-state index in [2.05, 4.69) is 9.71 Å². The molecule has 0 bridgehead atoms. The smallest absolute Gasteiger partial charge is 0.471 e. The molecule has 0 spiro atoms. The van der Waals surface area contributed by atoms with Crippen LogP contribution in [0.3, 0.4) is 0 Å². The van der Waals surface area contributed by atoms with E-state index in [-0.39, 0.29) is 11.6 Å². The van der Waals surface area contributed by atoms with Gasteiger partial charge in [-0.25, -0.2) is 0 Å². The molecule has 6 heteroatoms. The Morgan fingerprint density at radius 1 is 1.30 bits per heavy atom. The van der Waals surface area contributed by atoms with Crippen molar-refractivity contribution in [1.29, 1.82) is 5.39 Å². The maximum Gasteiger partial charge on any atom is 0.471 e. The third-order valence-corrected chi connectivity index (χ3v) is 2.96. The van der Waals surface area contributed by atoms with E-state index in [1.54, 1.807) is 29.2 Å². The van der Waals surface area contributed by atoms with Gasteiger partial charge in [0.05, 0.1) is 18.2 Å². The summed E-state index contributed by atoms with van der Waals surface area (Å²) in [6.45, 7) is 4.89. The zero-order valence-corrected chi connectivity index (χ0v) is 11.8. The zero-order valence-electron chi connectivity index (χ0n) is 11.8. The van der Waals surface area contributed by atoms with Crippen LogP contribution in [0.25, 0.3) is 10.7 Å². The van der Waals surface area contributed by atoms with E-state index < -0.39 is 5.95 Å². The van der Waals surface area contributed by atoms with Gasteiger partial charge in [0.25, 0.3) is 5.91 Å². The summed E-state index contributed by atoms with van der Waals surface area (Å²) in [5, 5.41) is 18.7. The monoisotopic (exact) mass is 276 g/mol. The average Bonchev–Trinajstić information content (AvgIpc) is 2.49. The minimum absolute atomic E-state index is 0.177. The van der Waals surface area contributed by atoms with E-state index in [1.807, 2.05) is 13.8 Å². The first-order valence-corrected chi connectivity index (χ1v) is 6.31. The van der Waals surface area contributed by atoms with Crippen LogP contribution in [0.2, 0.25) is 0 Å². The van der Waals surface area contributed by atoms with E-state index in [9.17, 15) is 9.90 Å². The second-order valence-electron chi connectivity index (χ2n) is 3.98. The number of aliphatic hydroxyl groups is 1. The van der Waals surface area contributed by atoms with Gasteiger partial charge >= 0.3 is 11.6 Å². The van der Waals surface area contributed by atoms with Crippen molar-refractivity contribution in [2.75, 3.05) is 20.2 Å². The Morgan fingerprint density at radius 3 is 2.30 bits per heavy atom. The van der Waals surface area contributed by atoms with Gasteiger partial charge in [0.1, 0.15) is 0 Å². The number of nitrogens with zero attached hydrogens (tertiary/aromatic N) is 3. The lowest BCUT2D eigenvalue weighted by molar-refractivity contribution is 0.0772. The molecule has 0 aliphatic rings. The van der Waals surface area contributed by atoms with Crippen LogP contribution in [-0.2, 0) is 4.74 Å². The maximum atomic E-state index is 12.4. The first kappa shape index (κ1) is 15.5. The van der Waals surface area contributed by atoms with Crippen LogP contribution in [0.15, 0.2) is 30.2 Å². The van der Waals surface area contributed by atoms with Gasteiger partial charge in [-0.3, -0.25) is 4.79 Å². The van der Waals surface area contributed by atoms with Crippen molar-refractivity contribution < 1.29 is 14.6 Å². The van der Waals surface area contributed by atoms with Crippen LogP contribution >= 0.6 is 0 Å². The quantitative estimate of drug-likeness (QED) is 0.662. The fourth-order valence-electron chi connectivity index (χ4n) is 1.87. The summed E-state index contributed by atoms with van der Waals surface area (Å²) in [6.07, 6.45) is 0. The SMILES string of the molecule is CCN(CC)C(=O)c1ccccc1/C([N+]#N)=C(/O)OC. The maximum absolute atomic E-state index is 12.4. The molecule has 0 aliphatic heterocycles. The van der Waals surface area contributed by atoms with Gasteiger partial charge in [-0.1, -0.05) is 12.1 Å². The van der Waals surface area contributed by atoms with E-state index >= 15 is 0 Å². The summed E-state index contributed by atoms with van der Waals surface area (Å²) in [5.74, 6) is -0.747. The molecule has 6 nitrogen and oxygen atoms in total. The molecule has 20 heavy (non-hydrogen) atoms. The number of amides is 1. The van der Waals surface area contributed by atoms with Crippen LogP contribution in [0, 0.1) is 5.39 Å². The summed E-state index contributed by atoms with van der Waals surface area (Å²) >= 11 is 0. The molecule has 1 amide bonds. The van der Waals surface area contributed by atoms with E-state index in [0.29, 0.717) is 24.2 Å². The number of carbonyl (C=O) groups is 1. The highest BCUT2D eigenvalue weighted by Crippen LogP contribution is 2.24. The summed E-state index contributed by atoms with van der Waals surface area (Å²) in [5.41, 5.74) is 0.474. The molecule has 0 unspecified atom stereocenters. The predicted molar refractivity (Wildman–Crippen MR) is 75.3 cm³/mol. The molecule has 0 aromatic heterocycles. The molecular formula is C14H18N3O3+. The molecule has 0 saturated carbocycles. The molecule has 1 aromatic carbocycles. The first-order valence-electron chi connectivity index (χ1n) is 6.31. The normalized spacial score (nSPS) is 11.3. The van der Waals surface area contributed by atoms with Crippen LogP contribution in [-0.4, -0.2) is 36.1 Å².